The number of hydrogen-bond acceptors (Lipinski definition) is 3. The van der Waals surface area contributed by atoms with Gasteiger partial charge in [0.05, 0.1) is 13.7 Å². The van der Waals surface area contributed by atoms with E-state index in [1.54, 1.807) is 20.1 Å². The lowest BCUT2D eigenvalue weighted by atomic mass is 9.94. The Hall–Kier alpha value is -2.55. The van der Waals surface area contributed by atoms with Crippen molar-refractivity contribution in [2.75, 3.05) is 13.7 Å². The molecule has 0 unspecified atom stereocenters. The standard InChI is InChI=1S/C20H22O3/c1-5-23-20(21)13-19(16-6-8-18(22-4)9-7-16)17-11-14(2)10-15(3)12-17/h6-13H,5H2,1-4H3. The number of hydrogen-bond donors (Lipinski definition) is 0. The second-order valence-electron chi connectivity index (χ2n) is 5.41. The minimum absolute atomic E-state index is 0.336. The molecule has 0 aliphatic carbocycles. The van der Waals surface area contributed by atoms with Crippen molar-refractivity contribution in [1.29, 1.82) is 0 Å². The summed E-state index contributed by atoms with van der Waals surface area (Å²) < 4.78 is 10.3. The summed E-state index contributed by atoms with van der Waals surface area (Å²) in [7, 11) is 1.63. The minimum atomic E-state index is -0.336. The van der Waals surface area contributed by atoms with Crippen molar-refractivity contribution in [1.82, 2.24) is 0 Å². The van der Waals surface area contributed by atoms with Crippen LogP contribution in [0, 0.1) is 13.8 Å². The molecule has 3 nitrogen and oxygen atoms in total. The van der Waals surface area contributed by atoms with E-state index in [1.165, 1.54) is 0 Å². The van der Waals surface area contributed by atoms with Gasteiger partial charge in [0, 0.05) is 6.08 Å². The maximum atomic E-state index is 12.0. The Morgan fingerprint density at radius 3 is 2.13 bits per heavy atom. The van der Waals surface area contributed by atoms with E-state index in [0.29, 0.717) is 6.61 Å². The fourth-order valence-corrected chi connectivity index (χ4v) is 2.54. The largest absolute Gasteiger partial charge is 0.497 e. The van der Waals surface area contributed by atoms with Gasteiger partial charge in [-0.1, -0.05) is 41.5 Å². The van der Waals surface area contributed by atoms with Gasteiger partial charge in [-0.3, -0.25) is 0 Å². The van der Waals surface area contributed by atoms with Gasteiger partial charge in [0.15, 0.2) is 0 Å². The summed E-state index contributed by atoms with van der Waals surface area (Å²) in [5, 5.41) is 0. The molecule has 0 bridgehead atoms. The van der Waals surface area contributed by atoms with Crippen LogP contribution < -0.4 is 4.74 Å². The number of ether oxygens (including phenoxy) is 2. The van der Waals surface area contributed by atoms with Crippen molar-refractivity contribution in [3.05, 3.63) is 70.8 Å². The second-order valence-corrected chi connectivity index (χ2v) is 5.41. The van der Waals surface area contributed by atoms with Crippen molar-refractivity contribution in [3.63, 3.8) is 0 Å². The Bertz CT molecular complexity index is 692. The third-order valence-corrected chi connectivity index (χ3v) is 3.48. The molecule has 0 heterocycles. The number of carbonyl (C=O) groups is 1. The molecule has 0 amide bonds. The fourth-order valence-electron chi connectivity index (χ4n) is 2.54. The molecule has 0 fully saturated rings. The summed E-state index contributed by atoms with van der Waals surface area (Å²) in [5.74, 6) is 0.446. The van der Waals surface area contributed by atoms with Crippen LogP contribution in [0.3, 0.4) is 0 Å². The van der Waals surface area contributed by atoms with Crippen LogP contribution in [0.15, 0.2) is 48.5 Å². The summed E-state index contributed by atoms with van der Waals surface area (Å²) in [4.78, 5) is 12.0. The Balaban J connectivity index is 2.52. The molecule has 3 heteroatoms. The molecule has 0 N–H and O–H groups in total. The van der Waals surface area contributed by atoms with Crippen LogP contribution in [0.5, 0.6) is 5.75 Å². The van der Waals surface area contributed by atoms with Gasteiger partial charge in [-0.25, -0.2) is 4.79 Å². The Morgan fingerprint density at radius 1 is 1.00 bits per heavy atom. The first-order valence-corrected chi connectivity index (χ1v) is 7.65. The highest BCUT2D eigenvalue weighted by atomic mass is 16.5. The first-order valence-electron chi connectivity index (χ1n) is 7.65. The van der Waals surface area contributed by atoms with E-state index >= 15 is 0 Å². The monoisotopic (exact) mass is 310 g/mol. The van der Waals surface area contributed by atoms with Crippen LogP contribution in [0.25, 0.3) is 5.57 Å². The van der Waals surface area contributed by atoms with Crippen LogP contribution in [0.4, 0.5) is 0 Å². The quantitative estimate of drug-likeness (QED) is 0.610. The maximum Gasteiger partial charge on any atom is 0.331 e. The van der Waals surface area contributed by atoms with Gasteiger partial charge in [0.2, 0.25) is 0 Å². The molecule has 0 aliphatic rings. The van der Waals surface area contributed by atoms with Gasteiger partial charge >= 0.3 is 5.97 Å². The highest BCUT2D eigenvalue weighted by molar-refractivity contribution is 5.96. The number of methoxy groups -OCH3 is 1. The van der Waals surface area contributed by atoms with Crippen LogP contribution >= 0.6 is 0 Å². The molecule has 0 radical (unpaired) electrons. The first kappa shape index (κ1) is 16.8. The number of rotatable bonds is 5. The summed E-state index contributed by atoms with van der Waals surface area (Å²) >= 11 is 0. The molecule has 0 aromatic heterocycles. The lowest BCUT2D eigenvalue weighted by molar-refractivity contribution is -0.137. The van der Waals surface area contributed by atoms with E-state index in [-0.39, 0.29) is 5.97 Å². The molecule has 0 saturated heterocycles. The Labute approximate surface area is 137 Å². The lowest BCUT2D eigenvalue weighted by Crippen LogP contribution is -2.02. The SMILES string of the molecule is CCOC(=O)C=C(c1ccc(OC)cc1)c1cc(C)cc(C)c1. The third-order valence-electron chi connectivity index (χ3n) is 3.48. The molecule has 0 spiro atoms. The predicted octanol–water partition coefficient (Wildman–Crippen LogP) is 4.31. The van der Waals surface area contributed by atoms with Gasteiger partial charge in [-0.15, -0.1) is 0 Å². The van der Waals surface area contributed by atoms with Gasteiger partial charge in [-0.2, -0.15) is 0 Å². The Morgan fingerprint density at radius 2 is 1.61 bits per heavy atom. The number of esters is 1. The second kappa shape index (κ2) is 7.63. The van der Waals surface area contributed by atoms with Crippen molar-refractivity contribution in [3.8, 4) is 5.75 Å². The van der Waals surface area contributed by atoms with Crippen molar-refractivity contribution in [2.24, 2.45) is 0 Å². The van der Waals surface area contributed by atoms with Crippen LogP contribution in [-0.4, -0.2) is 19.7 Å². The molecule has 2 rings (SSSR count). The highest BCUT2D eigenvalue weighted by Crippen LogP contribution is 2.27. The summed E-state index contributed by atoms with van der Waals surface area (Å²) in [5.41, 5.74) is 5.11. The third kappa shape index (κ3) is 4.46. The highest BCUT2D eigenvalue weighted by Gasteiger charge is 2.10. The van der Waals surface area contributed by atoms with Gasteiger partial charge in [0.1, 0.15) is 5.75 Å². The first-order chi connectivity index (χ1) is 11.0. The van der Waals surface area contributed by atoms with E-state index in [1.807, 2.05) is 38.1 Å². The van der Waals surface area contributed by atoms with E-state index in [0.717, 1.165) is 33.6 Å². The summed E-state index contributed by atoms with van der Waals surface area (Å²) in [6, 6.07) is 13.9. The molecule has 0 aliphatic heterocycles. The van der Waals surface area contributed by atoms with Crippen molar-refractivity contribution in [2.45, 2.75) is 20.8 Å². The number of aryl methyl sites for hydroxylation is 2. The zero-order valence-electron chi connectivity index (χ0n) is 14.1. The molecule has 120 valence electrons. The van der Waals surface area contributed by atoms with Crippen LogP contribution in [0.2, 0.25) is 0 Å². The minimum Gasteiger partial charge on any atom is -0.497 e. The molecule has 2 aromatic carbocycles. The van der Waals surface area contributed by atoms with Gasteiger partial charge in [0.25, 0.3) is 0 Å². The predicted molar refractivity (Wildman–Crippen MR) is 92.6 cm³/mol. The van der Waals surface area contributed by atoms with Crippen molar-refractivity contribution < 1.29 is 14.3 Å². The van der Waals surface area contributed by atoms with Crippen molar-refractivity contribution >= 4 is 11.5 Å². The van der Waals surface area contributed by atoms with E-state index in [2.05, 4.69) is 18.2 Å². The fraction of sp³-hybridized carbons (Fsp3) is 0.250. The topological polar surface area (TPSA) is 35.5 Å². The van der Waals surface area contributed by atoms with E-state index in [4.69, 9.17) is 9.47 Å². The van der Waals surface area contributed by atoms with E-state index < -0.39 is 0 Å². The molecule has 0 atom stereocenters. The van der Waals surface area contributed by atoms with Crippen LogP contribution in [-0.2, 0) is 9.53 Å². The smallest absolute Gasteiger partial charge is 0.331 e. The zero-order chi connectivity index (χ0) is 16.8. The van der Waals surface area contributed by atoms with Gasteiger partial charge in [-0.05, 0) is 49.6 Å². The molecule has 23 heavy (non-hydrogen) atoms. The lowest BCUT2D eigenvalue weighted by Gasteiger charge is -2.11. The number of benzene rings is 2. The number of carbonyl (C=O) groups excluding carboxylic acids is 1. The zero-order valence-corrected chi connectivity index (χ0v) is 14.1. The molecular formula is C20H22O3. The molecular weight excluding hydrogens is 288 g/mol. The van der Waals surface area contributed by atoms with Crippen LogP contribution in [0.1, 0.15) is 29.2 Å². The Kier molecular flexibility index (Phi) is 5.58. The summed E-state index contributed by atoms with van der Waals surface area (Å²) in [6.07, 6.45) is 1.56. The normalized spacial score (nSPS) is 11.2. The summed E-state index contributed by atoms with van der Waals surface area (Å²) in [6.45, 7) is 6.26. The molecule has 2 aromatic rings. The molecule has 0 saturated carbocycles. The average molecular weight is 310 g/mol. The average Bonchev–Trinajstić information content (AvgIpc) is 2.52. The van der Waals surface area contributed by atoms with E-state index in [9.17, 15) is 4.79 Å². The maximum absolute atomic E-state index is 12.0. The van der Waals surface area contributed by atoms with Gasteiger partial charge < -0.3 is 9.47 Å².